The fourth-order valence-electron chi connectivity index (χ4n) is 4.51. The number of hydrogen-bond donors (Lipinski definition) is 0. The highest BCUT2D eigenvalue weighted by atomic mass is 17.2. The van der Waals surface area contributed by atoms with Crippen LogP contribution in [0.2, 0.25) is 0 Å². The zero-order chi connectivity index (χ0) is 19.0. The van der Waals surface area contributed by atoms with Gasteiger partial charge in [-0.25, -0.2) is 4.89 Å². The van der Waals surface area contributed by atoms with E-state index < -0.39 is 11.6 Å². The monoisotopic (exact) mass is 382 g/mol. The van der Waals surface area contributed by atoms with Crippen molar-refractivity contribution in [1.82, 2.24) is 0 Å². The Hall–Kier alpha value is -0.200. The van der Waals surface area contributed by atoms with Gasteiger partial charge in [-0.3, -0.25) is 0 Å². The molecule has 0 aromatic heterocycles. The molecule has 0 saturated heterocycles. The fraction of sp³-hybridized carbons (Fsp3) is 1.00. The minimum Gasteiger partial charge on any atom is -0.342 e. The average molecular weight is 383 g/mol. The van der Waals surface area contributed by atoms with Crippen molar-refractivity contribution >= 4 is 0 Å². The lowest BCUT2D eigenvalue weighted by molar-refractivity contribution is -0.535. The van der Waals surface area contributed by atoms with Crippen molar-refractivity contribution in [3.63, 3.8) is 0 Å². The van der Waals surface area contributed by atoms with Crippen molar-refractivity contribution in [2.24, 2.45) is 0 Å². The number of rotatable bonds is 8. The molecule has 2 atom stereocenters. The molecular formula is C22H38O5. The Morgan fingerprint density at radius 1 is 0.630 bits per heavy atom. The van der Waals surface area contributed by atoms with Crippen LogP contribution in [0.15, 0.2) is 0 Å². The van der Waals surface area contributed by atoms with Gasteiger partial charge in [-0.05, 0) is 78.6 Å². The van der Waals surface area contributed by atoms with Crippen LogP contribution < -0.4 is 0 Å². The summed E-state index contributed by atoms with van der Waals surface area (Å²) >= 11 is 0. The molecule has 5 heteroatoms. The van der Waals surface area contributed by atoms with E-state index in [1.807, 2.05) is 0 Å². The maximum absolute atomic E-state index is 6.67. The molecule has 4 fully saturated rings. The summed E-state index contributed by atoms with van der Waals surface area (Å²) < 4.78 is 19.9. The molecule has 0 spiro atoms. The Bertz CT molecular complexity index is 489. The first-order valence-electron chi connectivity index (χ1n) is 11.3. The Morgan fingerprint density at radius 3 is 1.74 bits per heavy atom. The molecule has 0 amide bonds. The Labute approximate surface area is 164 Å². The van der Waals surface area contributed by atoms with E-state index >= 15 is 0 Å². The smallest absolute Gasteiger partial charge is 0.256 e. The van der Waals surface area contributed by atoms with Crippen LogP contribution in [-0.2, 0) is 24.0 Å². The second-order valence-electron chi connectivity index (χ2n) is 10.0. The van der Waals surface area contributed by atoms with Crippen LogP contribution in [0, 0.1) is 0 Å². The molecule has 156 valence electrons. The first-order chi connectivity index (χ1) is 12.9. The van der Waals surface area contributed by atoms with Gasteiger partial charge in [0.15, 0.2) is 0 Å². The van der Waals surface area contributed by atoms with Crippen molar-refractivity contribution in [2.45, 2.75) is 140 Å². The molecule has 0 aromatic rings. The molecule has 0 N–H and O–H groups in total. The molecule has 0 radical (unpaired) electrons. The van der Waals surface area contributed by atoms with Crippen LogP contribution >= 0.6 is 0 Å². The van der Waals surface area contributed by atoms with Crippen molar-refractivity contribution in [3.8, 4) is 0 Å². The van der Waals surface area contributed by atoms with Crippen molar-refractivity contribution < 1.29 is 24.0 Å². The third kappa shape index (κ3) is 4.69. The highest BCUT2D eigenvalue weighted by Gasteiger charge is 2.63. The average Bonchev–Trinajstić information content (AvgIpc) is 3.20. The van der Waals surface area contributed by atoms with Gasteiger partial charge in [0.1, 0.15) is 0 Å². The van der Waals surface area contributed by atoms with E-state index in [1.165, 1.54) is 19.3 Å². The largest absolute Gasteiger partial charge is 0.342 e. The van der Waals surface area contributed by atoms with E-state index in [0.29, 0.717) is 0 Å². The second-order valence-corrected chi connectivity index (χ2v) is 10.0. The van der Waals surface area contributed by atoms with Gasteiger partial charge in [0.25, 0.3) is 5.79 Å². The molecule has 27 heavy (non-hydrogen) atoms. The van der Waals surface area contributed by atoms with Crippen LogP contribution in [0.25, 0.3) is 0 Å². The molecule has 4 aliphatic rings. The summed E-state index contributed by atoms with van der Waals surface area (Å²) in [6.45, 7) is 6.27. The van der Waals surface area contributed by atoms with Crippen molar-refractivity contribution in [2.75, 3.05) is 0 Å². The van der Waals surface area contributed by atoms with E-state index in [4.69, 9.17) is 24.0 Å². The van der Waals surface area contributed by atoms with E-state index in [2.05, 4.69) is 20.8 Å². The van der Waals surface area contributed by atoms with Gasteiger partial charge in [-0.2, -0.15) is 4.89 Å². The maximum atomic E-state index is 6.67. The van der Waals surface area contributed by atoms with Crippen LogP contribution in [0.4, 0.5) is 0 Å². The third-order valence-corrected chi connectivity index (χ3v) is 6.22. The minimum absolute atomic E-state index is 0.169. The first-order valence-corrected chi connectivity index (χ1v) is 11.3. The van der Waals surface area contributed by atoms with Crippen LogP contribution in [-0.4, -0.2) is 35.5 Å². The van der Waals surface area contributed by atoms with Gasteiger partial charge in [0.05, 0.1) is 23.9 Å². The summed E-state index contributed by atoms with van der Waals surface area (Å²) in [7, 11) is 0. The predicted octanol–water partition coefficient (Wildman–Crippen LogP) is 5.41. The van der Waals surface area contributed by atoms with Crippen LogP contribution in [0.5, 0.6) is 0 Å². The number of ether oxygens (including phenoxy) is 3. The maximum Gasteiger partial charge on any atom is 0.256 e. The van der Waals surface area contributed by atoms with Crippen molar-refractivity contribution in [3.05, 3.63) is 0 Å². The first kappa shape index (κ1) is 20.1. The topological polar surface area (TPSA) is 46.2 Å². The molecule has 4 aliphatic carbocycles. The predicted molar refractivity (Wildman–Crippen MR) is 102 cm³/mol. The summed E-state index contributed by atoms with van der Waals surface area (Å²) in [6.07, 6.45) is 14.5. The van der Waals surface area contributed by atoms with Crippen LogP contribution in [0.1, 0.15) is 104 Å². The highest BCUT2D eigenvalue weighted by molar-refractivity contribution is 4.98. The van der Waals surface area contributed by atoms with E-state index in [0.717, 1.165) is 64.2 Å². The van der Waals surface area contributed by atoms with E-state index in [9.17, 15) is 0 Å². The molecule has 0 aromatic carbocycles. The zero-order valence-corrected chi connectivity index (χ0v) is 17.5. The molecule has 0 bridgehead atoms. The lowest BCUT2D eigenvalue weighted by Gasteiger charge is -2.54. The Kier molecular flexibility index (Phi) is 5.88. The molecule has 4 rings (SSSR count). The Morgan fingerprint density at radius 2 is 1.19 bits per heavy atom. The second kappa shape index (κ2) is 7.91. The third-order valence-electron chi connectivity index (χ3n) is 6.22. The number of hydrogen-bond acceptors (Lipinski definition) is 5. The molecule has 5 nitrogen and oxygen atoms in total. The Balaban J connectivity index is 1.61. The minimum atomic E-state index is -0.963. The molecule has 2 unspecified atom stereocenters. The summed E-state index contributed by atoms with van der Waals surface area (Å²) in [5.74, 6) is -1.85. The van der Waals surface area contributed by atoms with Crippen LogP contribution in [0.3, 0.4) is 0 Å². The van der Waals surface area contributed by atoms with E-state index in [1.54, 1.807) is 0 Å². The SMILES string of the molecule is CC(C)(C)OC1(OC2CC2)CCCCC1(OOC1CCCC1)OC1CCC1. The molecule has 4 saturated carbocycles. The van der Waals surface area contributed by atoms with E-state index in [-0.39, 0.29) is 23.9 Å². The fourth-order valence-corrected chi connectivity index (χ4v) is 4.51. The standard InChI is InChI=1S/C22H38O5/c1-20(2,3)26-21(23-18-13-14-18)15-6-7-16-22(21,24-17-11-8-12-17)27-25-19-9-4-5-10-19/h17-19H,4-16H2,1-3H3. The summed E-state index contributed by atoms with van der Waals surface area (Å²) in [6, 6.07) is 0. The van der Waals surface area contributed by atoms with Gasteiger partial charge in [0.2, 0.25) is 5.79 Å². The zero-order valence-electron chi connectivity index (χ0n) is 17.5. The van der Waals surface area contributed by atoms with Gasteiger partial charge in [0, 0.05) is 12.8 Å². The van der Waals surface area contributed by atoms with Crippen molar-refractivity contribution in [1.29, 1.82) is 0 Å². The van der Waals surface area contributed by atoms with Gasteiger partial charge >= 0.3 is 0 Å². The molecular weight excluding hydrogens is 344 g/mol. The highest BCUT2D eigenvalue weighted by Crippen LogP contribution is 2.51. The van der Waals surface area contributed by atoms with Gasteiger partial charge in [-0.15, -0.1) is 0 Å². The molecule has 0 aliphatic heterocycles. The summed E-state index contributed by atoms with van der Waals surface area (Å²) in [4.78, 5) is 12.3. The molecule has 0 heterocycles. The lowest BCUT2D eigenvalue weighted by atomic mass is 9.85. The van der Waals surface area contributed by atoms with Gasteiger partial charge in [-0.1, -0.05) is 12.8 Å². The van der Waals surface area contributed by atoms with Gasteiger partial charge < -0.3 is 14.2 Å². The summed E-state index contributed by atoms with van der Waals surface area (Å²) in [5, 5.41) is 0. The normalized spacial score (nSPS) is 36.1. The quantitative estimate of drug-likeness (QED) is 0.319. The lowest BCUT2D eigenvalue weighted by Crippen LogP contribution is -2.66. The summed E-state index contributed by atoms with van der Waals surface area (Å²) in [5.41, 5.74) is -0.350.